The molecule has 2 aromatic rings. The Morgan fingerprint density at radius 1 is 1.26 bits per heavy atom. The van der Waals surface area contributed by atoms with Crippen molar-refractivity contribution >= 4 is 17.6 Å². The molecule has 23 heavy (non-hydrogen) atoms. The lowest BCUT2D eigenvalue weighted by molar-refractivity contribution is -0.141. The highest BCUT2D eigenvalue weighted by atomic mass is 19.1. The second kappa shape index (κ2) is 7.50. The molecule has 0 fully saturated rings. The van der Waals surface area contributed by atoms with E-state index in [4.69, 9.17) is 9.52 Å². The van der Waals surface area contributed by atoms with Gasteiger partial charge in [-0.15, -0.1) is 0 Å². The van der Waals surface area contributed by atoms with Crippen LogP contribution in [0, 0.1) is 11.6 Å². The number of amides is 1. The Balaban J connectivity index is 1.93. The standard InChI is InChI=1S/C15H14F2N2O4/c16-9-3-4-12(11(17)6-9)19-14(20)7-13(15(21)22)18-8-10-2-1-5-23-10/h1-6,13,18H,7-8H2,(H,19,20)(H,21,22). The summed E-state index contributed by atoms with van der Waals surface area (Å²) in [5, 5.41) is 14.0. The van der Waals surface area contributed by atoms with Crippen LogP contribution in [0.15, 0.2) is 41.0 Å². The highest BCUT2D eigenvalue weighted by Crippen LogP contribution is 2.15. The lowest BCUT2D eigenvalue weighted by Gasteiger charge is -2.14. The largest absolute Gasteiger partial charge is 0.480 e. The maximum atomic E-state index is 13.4. The number of carbonyl (C=O) groups excluding carboxylic acids is 1. The van der Waals surface area contributed by atoms with Gasteiger partial charge in [0.25, 0.3) is 0 Å². The van der Waals surface area contributed by atoms with Gasteiger partial charge in [0, 0.05) is 6.07 Å². The maximum Gasteiger partial charge on any atom is 0.321 e. The number of carbonyl (C=O) groups is 2. The fourth-order valence-electron chi connectivity index (χ4n) is 1.86. The van der Waals surface area contributed by atoms with E-state index in [2.05, 4.69) is 10.6 Å². The lowest BCUT2D eigenvalue weighted by atomic mass is 10.2. The number of hydrogen-bond donors (Lipinski definition) is 3. The summed E-state index contributed by atoms with van der Waals surface area (Å²) in [6.07, 6.45) is 1.02. The Labute approximate surface area is 130 Å². The smallest absolute Gasteiger partial charge is 0.321 e. The number of carboxylic acid groups (broad SMARTS) is 1. The molecular weight excluding hydrogens is 310 g/mol. The third-order valence-electron chi connectivity index (χ3n) is 3.00. The van der Waals surface area contributed by atoms with Crippen LogP contribution in [-0.2, 0) is 16.1 Å². The molecule has 6 nitrogen and oxygen atoms in total. The molecule has 0 saturated carbocycles. The Morgan fingerprint density at radius 3 is 2.65 bits per heavy atom. The van der Waals surface area contributed by atoms with E-state index in [1.165, 1.54) is 6.26 Å². The van der Waals surface area contributed by atoms with Gasteiger partial charge in [-0.05, 0) is 24.3 Å². The summed E-state index contributed by atoms with van der Waals surface area (Å²) in [4.78, 5) is 23.0. The van der Waals surface area contributed by atoms with E-state index in [1.54, 1.807) is 12.1 Å². The van der Waals surface area contributed by atoms with E-state index >= 15 is 0 Å². The van der Waals surface area contributed by atoms with Gasteiger partial charge in [0.15, 0.2) is 0 Å². The third kappa shape index (κ3) is 4.89. The van der Waals surface area contributed by atoms with Crippen LogP contribution in [0.25, 0.3) is 0 Å². The van der Waals surface area contributed by atoms with Gasteiger partial charge >= 0.3 is 5.97 Å². The number of benzene rings is 1. The average molecular weight is 324 g/mol. The van der Waals surface area contributed by atoms with Crippen molar-refractivity contribution in [3.05, 3.63) is 54.0 Å². The van der Waals surface area contributed by atoms with Crippen LogP contribution in [-0.4, -0.2) is 23.0 Å². The molecule has 0 aliphatic carbocycles. The van der Waals surface area contributed by atoms with Crippen LogP contribution in [0.3, 0.4) is 0 Å². The molecule has 1 amide bonds. The van der Waals surface area contributed by atoms with Crippen molar-refractivity contribution in [1.29, 1.82) is 0 Å². The molecule has 1 unspecified atom stereocenters. The summed E-state index contributed by atoms with van der Waals surface area (Å²) in [5.74, 6) is -3.14. The molecule has 1 heterocycles. The zero-order chi connectivity index (χ0) is 16.8. The van der Waals surface area contributed by atoms with E-state index in [0.29, 0.717) is 11.8 Å². The van der Waals surface area contributed by atoms with Gasteiger partial charge in [-0.25, -0.2) is 8.78 Å². The van der Waals surface area contributed by atoms with Crippen molar-refractivity contribution < 1.29 is 27.9 Å². The predicted octanol–water partition coefficient (Wildman–Crippen LogP) is 2.13. The van der Waals surface area contributed by atoms with Gasteiger partial charge in [-0.2, -0.15) is 0 Å². The molecule has 0 bridgehead atoms. The van der Waals surface area contributed by atoms with Gasteiger partial charge in [0.05, 0.1) is 24.9 Å². The van der Waals surface area contributed by atoms with Crippen LogP contribution in [0.4, 0.5) is 14.5 Å². The first-order chi connectivity index (χ1) is 11.0. The molecule has 0 spiro atoms. The molecule has 0 radical (unpaired) electrons. The number of furan rings is 1. The second-order valence-electron chi connectivity index (χ2n) is 4.73. The second-order valence-corrected chi connectivity index (χ2v) is 4.73. The SMILES string of the molecule is O=C(CC(NCc1ccco1)C(=O)O)Nc1ccc(F)cc1F. The first-order valence-electron chi connectivity index (χ1n) is 6.69. The van der Waals surface area contributed by atoms with Crippen molar-refractivity contribution in [1.82, 2.24) is 5.32 Å². The highest BCUT2D eigenvalue weighted by Gasteiger charge is 2.21. The molecule has 0 aliphatic heterocycles. The van der Waals surface area contributed by atoms with Crippen molar-refractivity contribution in [3.8, 4) is 0 Å². The summed E-state index contributed by atoms with van der Waals surface area (Å²) in [5.41, 5.74) is -0.216. The van der Waals surface area contributed by atoms with Gasteiger partial charge < -0.3 is 14.8 Å². The van der Waals surface area contributed by atoms with Crippen molar-refractivity contribution in [3.63, 3.8) is 0 Å². The minimum absolute atomic E-state index is 0.127. The minimum atomic E-state index is -1.23. The topological polar surface area (TPSA) is 91.6 Å². The fourth-order valence-corrected chi connectivity index (χ4v) is 1.86. The van der Waals surface area contributed by atoms with Crippen LogP contribution < -0.4 is 10.6 Å². The molecule has 2 rings (SSSR count). The molecular formula is C15H14F2N2O4. The number of carboxylic acids is 1. The van der Waals surface area contributed by atoms with Crippen LogP contribution in [0.1, 0.15) is 12.2 Å². The molecule has 1 aromatic heterocycles. The van der Waals surface area contributed by atoms with E-state index < -0.39 is 36.0 Å². The number of hydrogen-bond acceptors (Lipinski definition) is 4. The van der Waals surface area contributed by atoms with Gasteiger partial charge in [-0.1, -0.05) is 0 Å². The Hall–Kier alpha value is -2.74. The van der Waals surface area contributed by atoms with Gasteiger partial charge in [-0.3, -0.25) is 14.9 Å². The maximum absolute atomic E-state index is 13.4. The minimum Gasteiger partial charge on any atom is -0.480 e. The Kier molecular flexibility index (Phi) is 5.42. The number of nitrogens with one attached hydrogen (secondary N) is 2. The molecule has 8 heteroatoms. The lowest BCUT2D eigenvalue weighted by Crippen LogP contribution is -2.39. The summed E-state index contributed by atoms with van der Waals surface area (Å²) < 4.78 is 31.3. The summed E-state index contributed by atoms with van der Waals surface area (Å²) in [7, 11) is 0. The molecule has 1 atom stereocenters. The molecule has 0 saturated heterocycles. The summed E-state index contributed by atoms with van der Waals surface area (Å²) >= 11 is 0. The summed E-state index contributed by atoms with van der Waals surface area (Å²) in [6.45, 7) is 0.127. The number of halogens is 2. The molecule has 3 N–H and O–H groups in total. The van der Waals surface area contributed by atoms with Gasteiger partial charge in [0.2, 0.25) is 5.91 Å². The van der Waals surface area contributed by atoms with Crippen molar-refractivity contribution in [2.24, 2.45) is 0 Å². The van der Waals surface area contributed by atoms with Crippen LogP contribution >= 0.6 is 0 Å². The van der Waals surface area contributed by atoms with Crippen molar-refractivity contribution in [2.75, 3.05) is 5.32 Å². The number of aliphatic carboxylic acids is 1. The average Bonchev–Trinajstić information content (AvgIpc) is 2.99. The first-order valence-corrected chi connectivity index (χ1v) is 6.69. The van der Waals surface area contributed by atoms with E-state index in [0.717, 1.165) is 12.1 Å². The van der Waals surface area contributed by atoms with Crippen molar-refractivity contribution in [2.45, 2.75) is 19.0 Å². The molecule has 122 valence electrons. The quantitative estimate of drug-likeness (QED) is 0.726. The van der Waals surface area contributed by atoms with Crippen LogP contribution in [0.5, 0.6) is 0 Å². The van der Waals surface area contributed by atoms with Crippen LogP contribution in [0.2, 0.25) is 0 Å². The van der Waals surface area contributed by atoms with E-state index in [9.17, 15) is 18.4 Å². The Bertz CT molecular complexity index is 689. The first kappa shape index (κ1) is 16.6. The third-order valence-corrected chi connectivity index (χ3v) is 3.00. The summed E-state index contributed by atoms with van der Waals surface area (Å²) in [6, 6.07) is 4.80. The van der Waals surface area contributed by atoms with Gasteiger partial charge in [0.1, 0.15) is 23.4 Å². The highest BCUT2D eigenvalue weighted by molar-refractivity contribution is 5.94. The molecule has 0 aliphatic rings. The number of anilines is 1. The normalized spacial score (nSPS) is 11.9. The molecule has 1 aromatic carbocycles. The monoisotopic (exact) mass is 324 g/mol. The van der Waals surface area contributed by atoms with E-state index in [1.807, 2.05) is 0 Å². The fraction of sp³-hybridized carbons (Fsp3) is 0.200. The Morgan fingerprint density at radius 2 is 2.04 bits per heavy atom. The zero-order valence-corrected chi connectivity index (χ0v) is 11.9. The van der Waals surface area contributed by atoms with E-state index in [-0.39, 0.29) is 12.2 Å². The zero-order valence-electron chi connectivity index (χ0n) is 11.9. The number of rotatable bonds is 7. The predicted molar refractivity (Wildman–Crippen MR) is 76.6 cm³/mol.